The zero-order valence-electron chi connectivity index (χ0n) is 31.6. The third-order valence-electron chi connectivity index (χ3n) is 12.3. The van der Waals surface area contributed by atoms with Gasteiger partial charge >= 0.3 is 6.18 Å². The number of nitrogens with one attached hydrogen (secondary N) is 3. The van der Waals surface area contributed by atoms with Crippen LogP contribution in [0.15, 0.2) is 59.0 Å². The van der Waals surface area contributed by atoms with E-state index in [1.54, 1.807) is 6.07 Å². The van der Waals surface area contributed by atoms with E-state index in [2.05, 4.69) is 37.8 Å². The molecule has 1 aliphatic carbocycles. The minimum Gasteiger partial charge on any atom is -0.473 e. The molecule has 0 spiro atoms. The predicted octanol–water partition coefficient (Wildman–Crippen LogP) is 6.87. The number of aromatic nitrogens is 3. The number of rotatable bonds is 10. The standard InChI is InChI=1S/C42H45F3N8O4/c1-24-17-31-27(20-46)5-6-28(39(31)57-24)23-56-38-4-2-3-33(49-38)25-11-14-52(15-12-25)22-37-48-35-19-29(8-10-36(35)53(37)21-30-13-16-55-30)47-41(54)26-7-9-34-32(18-26)40(51-50-34)42(43,44)45/h2-6,8,10,17,19,25-26,30,32,34,40,50-51H,7,9,11-16,18,21-23H2,1H3,(H,47,54)/t26?,30-,32?,34?,40?/m0/s1. The lowest BCUT2D eigenvalue weighted by Crippen LogP contribution is -2.45. The summed E-state index contributed by atoms with van der Waals surface area (Å²) >= 11 is 0. The molecule has 15 heteroatoms. The number of carbonyl (C=O) groups excluding carboxylic acids is 1. The molecule has 3 N–H and O–H groups in total. The minimum atomic E-state index is -4.38. The Morgan fingerprint density at radius 1 is 1.05 bits per heavy atom. The van der Waals surface area contributed by atoms with Crippen molar-refractivity contribution in [3.8, 4) is 11.9 Å². The van der Waals surface area contributed by atoms with Gasteiger partial charge in [0.1, 0.15) is 29.8 Å². The Morgan fingerprint density at radius 3 is 2.67 bits per heavy atom. The number of aryl methyl sites for hydroxylation is 1. The highest BCUT2D eigenvalue weighted by Gasteiger charge is 2.53. The third kappa shape index (κ3) is 7.71. The maximum Gasteiger partial charge on any atom is 0.405 e. The highest BCUT2D eigenvalue weighted by Crippen LogP contribution is 2.40. The average molecular weight is 783 g/mol. The van der Waals surface area contributed by atoms with Gasteiger partial charge in [0.25, 0.3) is 0 Å². The van der Waals surface area contributed by atoms with Crippen LogP contribution in [0.3, 0.4) is 0 Å². The Labute approximate surface area is 327 Å². The molecule has 0 bridgehead atoms. The number of hydrogen-bond acceptors (Lipinski definition) is 10. The number of pyridine rings is 1. The van der Waals surface area contributed by atoms with Gasteiger partial charge in [0.15, 0.2) is 0 Å². The normalized spacial score (nSPS) is 24.3. The molecule has 2 aromatic carbocycles. The Hall–Kier alpha value is -5.01. The van der Waals surface area contributed by atoms with Gasteiger partial charge in [-0.15, -0.1) is 0 Å². The topological polar surface area (TPSA) is 142 Å². The number of nitriles is 1. The number of benzene rings is 2. The first-order valence-corrected chi connectivity index (χ1v) is 19.8. The zero-order valence-corrected chi connectivity index (χ0v) is 31.6. The number of alkyl halides is 3. The Bertz CT molecular complexity index is 2320. The number of hydrogen-bond donors (Lipinski definition) is 3. The van der Waals surface area contributed by atoms with Crippen LogP contribution < -0.4 is 20.9 Å². The van der Waals surface area contributed by atoms with Crippen molar-refractivity contribution in [3.63, 3.8) is 0 Å². The molecule has 9 rings (SSSR count). The van der Waals surface area contributed by atoms with Crippen molar-refractivity contribution in [2.45, 2.75) is 95.4 Å². The molecule has 12 nitrogen and oxygen atoms in total. The summed E-state index contributed by atoms with van der Waals surface area (Å²) in [5.41, 5.74) is 10.6. The van der Waals surface area contributed by atoms with Crippen molar-refractivity contribution in [3.05, 3.63) is 83.0 Å². The summed E-state index contributed by atoms with van der Waals surface area (Å²) in [5, 5.41) is 13.3. The molecule has 0 radical (unpaired) electrons. The van der Waals surface area contributed by atoms with E-state index >= 15 is 0 Å². The number of halogens is 3. The van der Waals surface area contributed by atoms with Crippen molar-refractivity contribution >= 4 is 33.6 Å². The zero-order chi connectivity index (χ0) is 39.3. The van der Waals surface area contributed by atoms with Gasteiger partial charge in [-0.05, 0) is 94.9 Å². The molecule has 1 amide bonds. The summed E-state index contributed by atoms with van der Waals surface area (Å²) in [6, 6.07) is 17.4. The van der Waals surface area contributed by atoms with Crippen molar-refractivity contribution in [2.75, 3.05) is 25.0 Å². The van der Waals surface area contributed by atoms with E-state index in [1.807, 2.05) is 49.4 Å². The Balaban J connectivity index is 0.841. The van der Waals surface area contributed by atoms with E-state index in [9.17, 15) is 23.2 Å². The van der Waals surface area contributed by atoms with Gasteiger partial charge in [-0.2, -0.15) is 18.4 Å². The Morgan fingerprint density at radius 2 is 1.89 bits per heavy atom. The monoisotopic (exact) mass is 782 g/mol. The predicted molar refractivity (Wildman–Crippen MR) is 205 cm³/mol. The van der Waals surface area contributed by atoms with Gasteiger partial charge in [0.05, 0.1) is 41.9 Å². The number of carbonyl (C=O) groups is 1. The number of piperidine rings is 1. The quantitative estimate of drug-likeness (QED) is 0.138. The largest absolute Gasteiger partial charge is 0.473 e. The summed E-state index contributed by atoms with van der Waals surface area (Å²) < 4.78 is 61.0. The fourth-order valence-electron chi connectivity index (χ4n) is 9.07. The van der Waals surface area contributed by atoms with E-state index in [4.69, 9.17) is 23.9 Å². The van der Waals surface area contributed by atoms with Crippen LogP contribution in [0, 0.1) is 30.1 Å². The lowest BCUT2D eigenvalue weighted by atomic mass is 9.75. The molecular formula is C42H45F3N8O4. The fraction of sp³-hybridized carbons (Fsp3) is 0.476. The van der Waals surface area contributed by atoms with Crippen molar-refractivity contribution in [1.29, 1.82) is 5.26 Å². The van der Waals surface area contributed by atoms with E-state index in [0.29, 0.717) is 48.6 Å². The second kappa shape index (κ2) is 15.4. The first-order valence-electron chi connectivity index (χ1n) is 19.8. The van der Waals surface area contributed by atoms with Crippen molar-refractivity contribution < 1.29 is 31.9 Å². The number of amides is 1. The molecule has 3 aromatic heterocycles. The van der Waals surface area contributed by atoms with Gasteiger partial charge in [0.2, 0.25) is 11.8 Å². The van der Waals surface area contributed by atoms with Crippen LogP contribution in [0.2, 0.25) is 0 Å². The molecule has 5 aromatic rings. The number of fused-ring (bicyclic) bond motifs is 3. The van der Waals surface area contributed by atoms with E-state index in [-0.39, 0.29) is 37.0 Å². The number of furan rings is 1. The molecular weight excluding hydrogens is 738 g/mol. The van der Waals surface area contributed by atoms with Crippen LogP contribution in [-0.2, 0) is 29.2 Å². The summed E-state index contributed by atoms with van der Waals surface area (Å²) in [5.74, 6) is 1.05. The summed E-state index contributed by atoms with van der Waals surface area (Å²) in [4.78, 5) is 25.7. The third-order valence-corrected chi connectivity index (χ3v) is 12.3. The maximum atomic E-state index is 13.6. The van der Waals surface area contributed by atoms with E-state index in [1.165, 1.54) is 0 Å². The van der Waals surface area contributed by atoms with Crippen LogP contribution in [0.1, 0.15) is 72.8 Å². The number of ether oxygens (including phenoxy) is 2. The van der Waals surface area contributed by atoms with Crippen LogP contribution in [0.4, 0.5) is 18.9 Å². The summed E-state index contributed by atoms with van der Waals surface area (Å²) in [7, 11) is 0. The van der Waals surface area contributed by atoms with Crippen LogP contribution >= 0.6 is 0 Å². The van der Waals surface area contributed by atoms with Crippen LogP contribution in [-0.4, -0.2) is 69.4 Å². The first kappa shape index (κ1) is 37.6. The molecule has 298 valence electrons. The van der Waals surface area contributed by atoms with Gasteiger partial charge in [0, 0.05) is 58.8 Å². The summed E-state index contributed by atoms with van der Waals surface area (Å²) in [6.45, 7) is 5.96. The highest BCUT2D eigenvalue weighted by atomic mass is 19.4. The molecule has 57 heavy (non-hydrogen) atoms. The number of hydrazine groups is 1. The molecule has 5 atom stereocenters. The van der Waals surface area contributed by atoms with Gasteiger partial charge < -0.3 is 23.8 Å². The number of anilines is 1. The number of likely N-dealkylation sites (tertiary alicyclic amines) is 1. The number of nitrogens with zero attached hydrogens (tertiary/aromatic N) is 5. The van der Waals surface area contributed by atoms with Gasteiger partial charge in [-0.1, -0.05) is 12.1 Å². The molecule has 6 heterocycles. The van der Waals surface area contributed by atoms with Crippen molar-refractivity contribution in [2.24, 2.45) is 11.8 Å². The SMILES string of the molecule is Cc1cc2c(C#N)ccc(COc3cccc(C4CCN(Cc5nc6cc(NC(=O)C7CCC8NNC(C(F)(F)F)C8C7)ccc6n5C[C@@H]5CCO5)CC4)n3)c2o1. The second-order valence-corrected chi connectivity index (χ2v) is 15.9. The molecule has 4 fully saturated rings. The molecule has 4 aliphatic rings. The fourth-order valence-corrected chi connectivity index (χ4v) is 9.07. The van der Waals surface area contributed by atoms with Crippen molar-refractivity contribution in [1.82, 2.24) is 30.3 Å². The average Bonchev–Trinajstić information content (AvgIpc) is 3.90. The summed E-state index contributed by atoms with van der Waals surface area (Å²) in [6.07, 6.45) is -0.219. The smallest absolute Gasteiger partial charge is 0.405 e. The lowest BCUT2D eigenvalue weighted by Gasteiger charge is -2.33. The van der Waals surface area contributed by atoms with Crippen LogP contribution in [0.25, 0.3) is 22.0 Å². The van der Waals surface area contributed by atoms with Gasteiger partial charge in [-0.25, -0.2) is 15.4 Å². The maximum absolute atomic E-state index is 13.6. The number of imidazole rings is 1. The highest BCUT2D eigenvalue weighted by molar-refractivity contribution is 5.94. The molecule has 3 aliphatic heterocycles. The molecule has 4 unspecified atom stereocenters. The minimum absolute atomic E-state index is 0.119. The molecule has 1 saturated carbocycles. The lowest BCUT2D eigenvalue weighted by molar-refractivity contribution is -0.164. The first-order chi connectivity index (χ1) is 27.6. The second-order valence-electron chi connectivity index (χ2n) is 15.9. The van der Waals surface area contributed by atoms with Gasteiger partial charge in [-0.3, -0.25) is 15.1 Å². The van der Waals surface area contributed by atoms with Crippen LogP contribution in [0.5, 0.6) is 5.88 Å². The van der Waals surface area contributed by atoms with E-state index in [0.717, 1.165) is 78.2 Å². The van der Waals surface area contributed by atoms with E-state index < -0.39 is 24.1 Å². The molecule has 3 saturated heterocycles. The Kier molecular flexibility index (Phi) is 10.1.